The number of benzene rings is 2. The van der Waals surface area contributed by atoms with Crippen LogP contribution in [0.2, 0.25) is 0 Å². The highest BCUT2D eigenvalue weighted by Crippen LogP contribution is 2.34. The van der Waals surface area contributed by atoms with Gasteiger partial charge in [-0.15, -0.1) is 0 Å². The molecule has 1 aliphatic rings. The first-order valence-electron chi connectivity index (χ1n) is 13.4. The number of ether oxygens (including phenoxy) is 1. The van der Waals surface area contributed by atoms with Crippen molar-refractivity contribution < 1.29 is 19.5 Å². The summed E-state index contributed by atoms with van der Waals surface area (Å²) in [6.45, 7) is 9.99. The molecule has 3 N–H and O–H groups in total. The van der Waals surface area contributed by atoms with Crippen LogP contribution in [0, 0.1) is 5.92 Å². The predicted octanol–water partition coefficient (Wildman–Crippen LogP) is 5.54. The standard InChI is InChI=1S/C30H44N2O4S/c1-21(2)28-27(16-17-37-28)36-32-25(19-23-14-10-7-11-15-23)26(33)20-24(18-22-12-8-6-9-13-22)31-29(34)35-30(3,4)5/h6-15,21,24-28,32-33H,16-20H2,1-5H3,(H,31,34)/t24-,25-,26-,27-,28-/m0/s1. The van der Waals surface area contributed by atoms with Crippen molar-refractivity contribution in [3.63, 3.8) is 0 Å². The van der Waals surface area contributed by atoms with Gasteiger partial charge in [-0.25, -0.2) is 4.79 Å². The Kier molecular flexibility index (Phi) is 11.3. The number of rotatable bonds is 12. The molecule has 0 saturated carbocycles. The smallest absolute Gasteiger partial charge is 0.407 e. The number of alkyl carbamates (subject to hydrolysis) is 1. The lowest BCUT2D eigenvalue weighted by atomic mass is 9.94. The summed E-state index contributed by atoms with van der Waals surface area (Å²) in [7, 11) is 0. The van der Waals surface area contributed by atoms with Gasteiger partial charge in [0.05, 0.1) is 18.2 Å². The maximum Gasteiger partial charge on any atom is 0.407 e. The van der Waals surface area contributed by atoms with Crippen LogP contribution in [0.25, 0.3) is 0 Å². The Labute approximate surface area is 226 Å². The number of carbonyl (C=O) groups excluding carboxylic acids is 1. The highest BCUT2D eigenvalue weighted by molar-refractivity contribution is 8.00. The van der Waals surface area contributed by atoms with E-state index in [-0.39, 0.29) is 18.2 Å². The molecule has 1 aliphatic heterocycles. The third-order valence-electron chi connectivity index (χ3n) is 6.44. The van der Waals surface area contributed by atoms with Crippen LogP contribution in [-0.4, -0.2) is 52.1 Å². The molecule has 2 aromatic carbocycles. The first-order chi connectivity index (χ1) is 17.6. The Balaban J connectivity index is 1.73. The van der Waals surface area contributed by atoms with E-state index >= 15 is 0 Å². The van der Waals surface area contributed by atoms with Gasteiger partial charge in [-0.05, 0) is 69.3 Å². The van der Waals surface area contributed by atoms with E-state index in [1.165, 1.54) is 0 Å². The third-order valence-corrected chi connectivity index (χ3v) is 8.15. The Morgan fingerprint density at radius 1 is 1.03 bits per heavy atom. The van der Waals surface area contributed by atoms with Gasteiger partial charge in [0.15, 0.2) is 0 Å². The van der Waals surface area contributed by atoms with Crippen LogP contribution >= 0.6 is 11.8 Å². The van der Waals surface area contributed by atoms with E-state index in [0.717, 1.165) is 23.3 Å². The van der Waals surface area contributed by atoms with Crippen molar-refractivity contribution in [1.82, 2.24) is 10.8 Å². The number of hydrogen-bond donors (Lipinski definition) is 3. The molecule has 204 valence electrons. The summed E-state index contributed by atoms with van der Waals surface area (Å²) >= 11 is 1.96. The highest BCUT2D eigenvalue weighted by Gasteiger charge is 2.33. The molecule has 1 saturated heterocycles. The van der Waals surface area contributed by atoms with Gasteiger partial charge in [0.2, 0.25) is 0 Å². The molecule has 5 atom stereocenters. The van der Waals surface area contributed by atoms with E-state index in [9.17, 15) is 9.90 Å². The van der Waals surface area contributed by atoms with Crippen molar-refractivity contribution in [1.29, 1.82) is 0 Å². The second-order valence-corrected chi connectivity index (χ2v) is 12.6. The number of hydroxylamine groups is 1. The number of thioether (sulfide) groups is 1. The first-order valence-corrected chi connectivity index (χ1v) is 14.4. The van der Waals surface area contributed by atoms with Crippen LogP contribution in [0.5, 0.6) is 0 Å². The third kappa shape index (κ3) is 10.3. The molecule has 1 amide bonds. The largest absolute Gasteiger partial charge is 0.444 e. The van der Waals surface area contributed by atoms with Gasteiger partial charge in [0, 0.05) is 11.3 Å². The van der Waals surface area contributed by atoms with Crippen molar-refractivity contribution in [3.05, 3.63) is 71.8 Å². The highest BCUT2D eigenvalue weighted by atomic mass is 32.2. The molecule has 0 bridgehead atoms. The van der Waals surface area contributed by atoms with Crippen LogP contribution in [0.15, 0.2) is 60.7 Å². The van der Waals surface area contributed by atoms with Gasteiger partial charge >= 0.3 is 6.09 Å². The Hall–Kier alpha value is -2.06. The maximum absolute atomic E-state index is 12.6. The quantitative estimate of drug-likeness (QED) is 0.314. The second-order valence-electron chi connectivity index (χ2n) is 11.3. The van der Waals surface area contributed by atoms with E-state index in [1.54, 1.807) is 0 Å². The average Bonchev–Trinajstić information content (AvgIpc) is 3.31. The first kappa shape index (κ1) is 29.5. The summed E-state index contributed by atoms with van der Waals surface area (Å²) in [6.07, 6.45) is 1.42. The maximum atomic E-state index is 12.6. The summed E-state index contributed by atoms with van der Waals surface area (Å²) < 4.78 is 5.52. The van der Waals surface area contributed by atoms with E-state index in [0.29, 0.717) is 30.4 Å². The molecule has 0 unspecified atom stereocenters. The van der Waals surface area contributed by atoms with Gasteiger partial charge in [-0.3, -0.25) is 4.84 Å². The average molecular weight is 529 g/mol. The Morgan fingerprint density at radius 3 is 2.19 bits per heavy atom. The zero-order chi connectivity index (χ0) is 26.8. The minimum atomic E-state index is -0.754. The van der Waals surface area contributed by atoms with Crippen molar-refractivity contribution >= 4 is 17.9 Å². The summed E-state index contributed by atoms with van der Waals surface area (Å²) in [6, 6.07) is 19.5. The fourth-order valence-corrected chi connectivity index (χ4v) is 6.09. The van der Waals surface area contributed by atoms with E-state index in [2.05, 4.69) is 36.8 Å². The zero-order valence-corrected chi connectivity index (χ0v) is 23.7. The molecule has 0 aliphatic carbocycles. The van der Waals surface area contributed by atoms with Gasteiger partial charge in [-0.2, -0.15) is 17.2 Å². The lowest BCUT2D eigenvalue weighted by Crippen LogP contribution is -2.49. The Morgan fingerprint density at radius 2 is 1.62 bits per heavy atom. The van der Waals surface area contributed by atoms with Crippen LogP contribution in [0.4, 0.5) is 4.79 Å². The number of carbonyl (C=O) groups is 1. The monoisotopic (exact) mass is 528 g/mol. The minimum Gasteiger partial charge on any atom is -0.444 e. The number of amides is 1. The predicted molar refractivity (Wildman–Crippen MR) is 152 cm³/mol. The molecule has 1 heterocycles. The zero-order valence-electron chi connectivity index (χ0n) is 22.9. The van der Waals surface area contributed by atoms with Crippen LogP contribution in [0.3, 0.4) is 0 Å². The van der Waals surface area contributed by atoms with Gasteiger partial charge in [0.1, 0.15) is 5.60 Å². The molecule has 6 nitrogen and oxygen atoms in total. The lowest BCUT2D eigenvalue weighted by Gasteiger charge is -2.31. The second kappa shape index (κ2) is 14.2. The van der Waals surface area contributed by atoms with Crippen molar-refractivity contribution in [2.75, 3.05) is 5.75 Å². The SMILES string of the molecule is CC(C)[C@@H]1SCC[C@@H]1ON[C@@H](Cc1ccccc1)[C@@H](O)C[C@H](Cc1ccccc1)NC(=O)OC(C)(C)C. The summed E-state index contributed by atoms with van der Waals surface area (Å²) in [5.41, 5.74) is 4.85. The van der Waals surface area contributed by atoms with E-state index in [4.69, 9.17) is 9.57 Å². The molecule has 0 aromatic heterocycles. The molecule has 0 spiro atoms. The summed E-state index contributed by atoms with van der Waals surface area (Å²) in [4.78, 5) is 18.9. The normalized spacial score (nSPS) is 20.4. The van der Waals surface area contributed by atoms with Crippen LogP contribution < -0.4 is 10.8 Å². The topological polar surface area (TPSA) is 79.8 Å². The summed E-state index contributed by atoms with van der Waals surface area (Å²) in [5, 5.41) is 14.9. The fraction of sp³-hybridized carbons (Fsp3) is 0.567. The fourth-order valence-electron chi connectivity index (χ4n) is 4.66. The molecular weight excluding hydrogens is 484 g/mol. The Bertz CT molecular complexity index is 936. The number of aliphatic hydroxyl groups is 1. The molecule has 37 heavy (non-hydrogen) atoms. The van der Waals surface area contributed by atoms with Gasteiger partial charge in [0.25, 0.3) is 0 Å². The number of aliphatic hydroxyl groups excluding tert-OH is 1. The van der Waals surface area contributed by atoms with Gasteiger partial charge < -0.3 is 15.2 Å². The molecule has 3 rings (SSSR count). The van der Waals surface area contributed by atoms with Crippen molar-refractivity contribution in [2.24, 2.45) is 5.92 Å². The molecule has 7 heteroatoms. The molecule has 1 fully saturated rings. The lowest BCUT2D eigenvalue weighted by molar-refractivity contribution is -0.0719. The van der Waals surface area contributed by atoms with Gasteiger partial charge in [-0.1, -0.05) is 74.5 Å². The van der Waals surface area contributed by atoms with Crippen LogP contribution in [0.1, 0.15) is 58.6 Å². The van der Waals surface area contributed by atoms with E-state index < -0.39 is 17.8 Å². The van der Waals surface area contributed by atoms with E-state index in [1.807, 2.05) is 81.1 Å². The molecule has 0 radical (unpaired) electrons. The minimum absolute atomic E-state index is 0.107. The molecule has 2 aromatic rings. The molecular formula is C30H44N2O4S. The number of hydrogen-bond acceptors (Lipinski definition) is 6. The van der Waals surface area contributed by atoms with Crippen molar-refractivity contribution in [3.8, 4) is 0 Å². The van der Waals surface area contributed by atoms with Crippen molar-refractivity contribution in [2.45, 2.75) is 95.4 Å². The number of nitrogens with one attached hydrogen (secondary N) is 2. The van der Waals surface area contributed by atoms with Crippen LogP contribution in [-0.2, 0) is 22.4 Å². The summed E-state index contributed by atoms with van der Waals surface area (Å²) in [5.74, 6) is 1.60.